The Morgan fingerprint density at radius 1 is 1.29 bits per heavy atom. The molecule has 5 heteroatoms. The van der Waals surface area contributed by atoms with Crippen LogP contribution in [-0.4, -0.2) is 29.9 Å². The van der Waals surface area contributed by atoms with Crippen LogP contribution < -0.4 is 5.32 Å². The largest absolute Gasteiger partial charge is 0.352 e. The smallest absolute Gasteiger partial charge is 0.237 e. The molecule has 1 N–H and O–H groups in total. The molecule has 0 spiro atoms. The Kier molecular flexibility index (Phi) is 6.33. The molecule has 0 saturated heterocycles. The highest BCUT2D eigenvalue weighted by atomic mass is 19.2. The molecule has 1 aromatic rings. The van der Waals surface area contributed by atoms with Crippen molar-refractivity contribution in [2.45, 2.75) is 58.7 Å². The van der Waals surface area contributed by atoms with Gasteiger partial charge in [0.25, 0.3) is 0 Å². The molecule has 1 aromatic carbocycles. The number of likely N-dealkylation sites (N-methyl/N-ethyl adjacent to an activating group) is 1. The first-order valence-electron chi connectivity index (χ1n) is 8.74. The van der Waals surface area contributed by atoms with Gasteiger partial charge in [-0.1, -0.05) is 32.8 Å². The second-order valence-corrected chi connectivity index (χ2v) is 7.22. The van der Waals surface area contributed by atoms with Gasteiger partial charge in [0.05, 0.1) is 6.04 Å². The molecule has 1 fully saturated rings. The number of rotatable bonds is 5. The van der Waals surface area contributed by atoms with E-state index in [2.05, 4.69) is 19.2 Å². The number of nitrogens with zero attached hydrogens (tertiary/aromatic N) is 1. The number of benzene rings is 1. The molecule has 0 aliphatic heterocycles. The third-order valence-corrected chi connectivity index (χ3v) is 5.49. The summed E-state index contributed by atoms with van der Waals surface area (Å²) >= 11 is 0. The second-order valence-electron chi connectivity index (χ2n) is 7.22. The highest BCUT2D eigenvalue weighted by molar-refractivity contribution is 5.81. The van der Waals surface area contributed by atoms with Gasteiger partial charge >= 0.3 is 0 Å². The zero-order valence-electron chi connectivity index (χ0n) is 15.0. The second kappa shape index (κ2) is 8.06. The molecule has 4 atom stereocenters. The number of amides is 1. The van der Waals surface area contributed by atoms with Gasteiger partial charge in [0, 0.05) is 12.6 Å². The summed E-state index contributed by atoms with van der Waals surface area (Å²) in [6, 6.07) is 3.74. The minimum atomic E-state index is -0.858. The maximum atomic E-state index is 13.3. The minimum absolute atomic E-state index is 0.00830. The van der Waals surface area contributed by atoms with Crippen molar-refractivity contribution in [1.82, 2.24) is 10.2 Å². The van der Waals surface area contributed by atoms with Crippen molar-refractivity contribution < 1.29 is 13.6 Å². The predicted molar refractivity (Wildman–Crippen MR) is 91.4 cm³/mol. The van der Waals surface area contributed by atoms with Gasteiger partial charge < -0.3 is 5.32 Å². The fraction of sp³-hybridized carbons (Fsp3) is 0.632. The van der Waals surface area contributed by atoms with E-state index in [4.69, 9.17) is 0 Å². The van der Waals surface area contributed by atoms with Gasteiger partial charge in [-0.25, -0.2) is 8.78 Å². The lowest BCUT2D eigenvalue weighted by Crippen LogP contribution is -2.50. The standard InChI is InChI=1S/C19H28F2N2O/c1-12-6-5-7-18(13(12)2)22-19(24)14(3)23(4)11-15-8-9-16(20)17(21)10-15/h8-10,12-14,18H,5-7,11H2,1-4H3,(H,22,24)/t12-,13+,14+,18+/m1/s1. The van der Waals surface area contributed by atoms with E-state index in [1.807, 2.05) is 18.9 Å². The first kappa shape index (κ1) is 18.8. The molecule has 1 aliphatic rings. The van der Waals surface area contributed by atoms with Gasteiger partial charge in [-0.05, 0) is 49.9 Å². The Labute approximate surface area is 143 Å². The average molecular weight is 338 g/mol. The quantitative estimate of drug-likeness (QED) is 0.887. The van der Waals surface area contributed by atoms with Crippen LogP contribution in [0.25, 0.3) is 0 Å². The number of hydrogen-bond acceptors (Lipinski definition) is 2. The highest BCUT2D eigenvalue weighted by Crippen LogP contribution is 2.29. The summed E-state index contributed by atoms with van der Waals surface area (Å²) < 4.78 is 26.3. The Hall–Kier alpha value is -1.49. The SMILES string of the molecule is C[C@H]1[C@H](C)CCC[C@@H]1NC(=O)[C@H](C)N(C)Cc1ccc(F)c(F)c1. The number of nitrogens with one attached hydrogen (secondary N) is 1. The van der Waals surface area contributed by atoms with Crippen molar-refractivity contribution in [3.63, 3.8) is 0 Å². The summed E-state index contributed by atoms with van der Waals surface area (Å²) in [6.07, 6.45) is 3.39. The van der Waals surface area contributed by atoms with Crippen molar-refractivity contribution in [1.29, 1.82) is 0 Å². The number of carbonyl (C=O) groups is 1. The fourth-order valence-corrected chi connectivity index (χ4v) is 3.35. The molecule has 1 saturated carbocycles. The van der Waals surface area contributed by atoms with Crippen LogP contribution in [0.4, 0.5) is 8.78 Å². The molecule has 24 heavy (non-hydrogen) atoms. The molecule has 134 valence electrons. The maximum Gasteiger partial charge on any atom is 0.237 e. The van der Waals surface area contributed by atoms with Gasteiger partial charge in [0.15, 0.2) is 11.6 Å². The number of hydrogen-bond donors (Lipinski definition) is 1. The highest BCUT2D eigenvalue weighted by Gasteiger charge is 2.30. The normalized spacial score (nSPS) is 25.5. The summed E-state index contributed by atoms with van der Waals surface area (Å²) in [5, 5.41) is 3.17. The molecule has 0 unspecified atom stereocenters. The summed E-state index contributed by atoms with van der Waals surface area (Å²) in [6.45, 7) is 6.67. The van der Waals surface area contributed by atoms with E-state index in [1.165, 1.54) is 12.5 Å². The summed E-state index contributed by atoms with van der Waals surface area (Å²) in [7, 11) is 1.82. The van der Waals surface area contributed by atoms with Crippen LogP contribution in [-0.2, 0) is 11.3 Å². The van der Waals surface area contributed by atoms with Crippen molar-refractivity contribution in [3.8, 4) is 0 Å². The summed E-state index contributed by atoms with van der Waals surface area (Å²) in [5.74, 6) is -0.618. The molecule has 1 amide bonds. The molecule has 0 heterocycles. The van der Waals surface area contributed by atoms with Crippen LogP contribution in [0.15, 0.2) is 18.2 Å². The Morgan fingerprint density at radius 3 is 2.67 bits per heavy atom. The van der Waals surface area contributed by atoms with E-state index in [-0.39, 0.29) is 18.0 Å². The molecule has 0 bridgehead atoms. The van der Waals surface area contributed by atoms with Crippen LogP contribution in [0, 0.1) is 23.5 Å². The van der Waals surface area contributed by atoms with Crippen molar-refractivity contribution in [2.24, 2.45) is 11.8 Å². The Bertz CT molecular complexity index is 578. The van der Waals surface area contributed by atoms with E-state index in [1.54, 1.807) is 6.07 Å². The van der Waals surface area contributed by atoms with Crippen molar-refractivity contribution in [2.75, 3.05) is 7.05 Å². The van der Waals surface area contributed by atoms with Gasteiger partial charge in [-0.2, -0.15) is 0 Å². The Balaban J connectivity index is 1.92. The molecular formula is C19H28F2N2O. The fourth-order valence-electron chi connectivity index (χ4n) is 3.35. The number of halogens is 2. The summed E-state index contributed by atoms with van der Waals surface area (Å²) in [4.78, 5) is 14.4. The van der Waals surface area contributed by atoms with Gasteiger partial charge in [0.1, 0.15) is 0 Å². The monoisotopic (exact) mass is 338 g/mol. The third-order valence-electron chi connectivity index (χ3n) is 5.49. The van der Waals surface area contributed by atoms with E-state index in [0.29, 0.717) is 23.9 Å². The van der Waals surface area contributed by atoms with Crippen LogP contribution in [0.2, 0.25) is 0 Å². The van der Waals surface area contributed by atoms with Gasteiger partial charge in [-0.3, -0.25) is 9.69 Å². The average Bonchev–Trinajstić information content (AvgIpc) is 2.54. The number of carbonyl (C=O) groups excluding carboxylic acids is 1. The lowest BCUT2D eigenvalue weighted by Gasteiger charge is -2.36. The zero-order valence-corrected chi connectivity index (χ0v) is 15.0. The molecular weight excluding hydrogens is 310 g/mol. The predicted octanol–water partition coefficient (Wildman–Crippen LogP) is 3.73. The van der Waals surface area contributed by atoms with Crippen LogP contribution in [0.5, 0.6) is 0 Å². The van der Waals surface area contributed by atoms with E-state index in [0.717, 1.165) is 18.9 Å². The van der Waals surface area contributed by atoms with Crippen LogP contribution >= 0.6 is 0 Å². The minimum Gasteiger partial charge on any atom is -0.352 e. The molecule has 0 aromatic heterocycles. The molecule has 0 radical (unpaired) electrons. The van der Waals surface area contributed by atoms with E-state index in [9.17, 15) is 13.6 Å². The van der Waals surface area contributed by atoms with Gasteiger partial charge in [0.2, 0.25) is 5.91 Å². The lowest BCUT2D eigenvalue weighted by molar-refractivity contribution is -0.127. The Morgan fingerprint density at radius 2 is 2.00 bits per heavy atom. The summed E-state index contributed by atoms with van der Waals surface area (Å²) in [5.41, 5.74) is 0.649. The van der Waals surface area contributed by atoms with Crippen LogP contribution in [0.3, 0.4) is 0 Å². The first-order valence-corrected chi connectivity index (χ1v) is 8.74. The zero-order chi connectivity index (χ0) is 17.9. The van der Waals surface area contributed by atoms with E-state index < -0.39 is 11.6 Å². The third kappa shape index (κ3) is 4.53. The topological polar surface area (TPSA) is 32.3 Å². The van der Waals surface area contributed by atoms with Crippen molar-refractivity contribution in [3.05, 3.63) is 35.4 Å². The maximum absolute atomic E-state index is 13.3. The molecule has 2 rings (SSSR count). The lowest BCUT2D eigenvalue weighted by atomic mass is 9.78. The van der Waals surface area contributed by atoms with Crippen molar-refractivity contribution >= 4 is 5.91 Å². The molecule has 1 aliphatic carbocycles. The molecule has 3 nitrogen and oxygen atoms in total. The first-order chi connectivity index (χ1) is 11.3. The van der Waals surface area contributed by atoms with Crippen LogP contribution in [0.1, 0.15) is 45.6 Å². The van der Waals surface area contributed by atoms with E-state index >= 15 is 0 Å². The van der Waals surface area contributed by atoms with Gasteiger partial charge in [-0.15, -0.1) is 0 Å².